The molecule has 1 saturated heterocycles. The monoisotopic (exact) mass is 290 g/mol. The van der Waals surface area contributed by atoms with E-state index in [1.807, 2.05) is 0 Å². The van der Waals surface area contributed by atoms with Crippen LogP contribution in [0.1, 0.15) is 27.2 Å². The molecule has 1 aliphatic heterocycles. The van der Waals surface area contributed by atoms with E-state index in [2.05, 4.69) is 0 Å². The minimum absolute atomic E-state index is 0.0576. The number of aliphatic hydroxyl groups excluding tert-OH is 1. The van der Waals surface area contributed by atoms with Gasteiger partial charge in [0.2, 0.25) is 0 Å². The Bertz CT molecular complexity index is 380. The molecule has 1 N–H and O–H groups in total. The highest BCUT2D eigenvalue weighted by Crippen LogP contribution is 2.26. The summed E-state index contributed by atoms with van der Waals surface area (Å²) >= 11 is 0. The molecular formula is C12H18O8. The lowest BCUT2D eigenvalue weighted by molar-refractivity contribution is -0.182. The number of hydrogen-bond donors (Lipinski definition) is 1. The maximum atomic E-state index is 11.1. The zero-order chi connectivity index (χ0) is 15.3. The summed E-state index contributed by atoms with van der Waals surface area (Å²) in [6.07, 6.45) is -3.71. The van der Waals surface area contributed by atoms with Gasteiger partial charge in [0, 0.05) is 27.2 Å². The number of carbonyl (C=O) groups excluding carboxylic acids is 3. The largest absolute Gasteiger partial charge is 0.462 e. The van der Waals surface area contributed by atoms with Crippen LogP contribution in [0.2, 0.25) is 0 Å². The molecule has 0 spiro atoms. The Morgan fingerprint density at radius 3 is 2.35 bits per heavy atom. The summed E-state index contributed by atoms with van der Waals surface area (Å²) in [5.41, 5.74) is 0. The van der Waals surface area contributed by atoms with E-state index in [9.17, 15) is 19.5 Å². The summed E-state index contributed by atoms with van der Waals surface area (Å²) < 4.78 is 20.0. The molecule has 0 saturated carbocycles. The molecule has 0 aliphatic carbocycles. The number of esters is 3. The van der Waals surface area contributed by atoms with Crippen molar-refractivity contribution >= 4 is 17.9 Å². The summed E-state index contributed by atoms with van der Waals surface area (Å²) in [7, 11) is 0. The normalized spacial score (nSPS) is 26.7. The Morgan fingerprint density at radius 1 is 1.20 bits per heavy atom. The van der Waals surface area contributed by atoms with Crippen LogP contribution in [0, 0.1) is 0 Å². The molecule has 1 fully saturated rings. The fourth-order valence-electron chi connectivity index (χ4n) is 1.92. The lowest BCUT2D eigenvalue weighted by Gasteiger charge is -2.26. The second-order valence-electron chi connectivity index (χ2n) is 4.39. The van der Waals surface area contributed by atoms with Crippen LogP contribution in [0.4, 0.5) is 0 Å². The molecule has 1 rings (SSSR count). The van der Waals surface area contributed by atoms with E-state index < -0.39 is 42.5 Å². The van der Waals surface area contributed by atoms with Crippen LogP contribution in [0.25, 0.3) is 0 Å². The minimum Gasteiger partial charge on any atom is -0.462 e. The fraction of sp³-hybridized carbons (Fsp3) is 0.750. The summed E-state index contributed by atoms with van der Waals surface area (Å²) in [5.74, 6) is -1.70. The van der Waals surface area contributed by atoms with Crippen LogP contribution < -0.4 is 0 Å². The maximum Gasteiger partial charge on any atom is 0.303 e. The smallest absolute Gasteiger partial charge is 0.303 e. The van der Waals surface area contributed by atoms with Gasteiger partial charge in [-0.05, 0) is 0 Å². The lowest BCUT2D eigenvalue weighted by Crippen LogP contribution is -2.42. The van der Waals surface area contributed by atoms with Crippen molar-refractivity contribution in [2.45, 2.75) is 51.8 Å². The molecular weight excluding hydrogens is 272 g/mol. The van der Waals surface area contributed by atoms with Gasteiger partial charge in [-0.25, -0.2) is 0 Å². The molecule has 0 radical (unpaired) electrons. The van der Waals surface area contributed by atoms with E-state index in [4.69, 9.17) is 18.9 Å². The zero-order valence-corrected chi connectivity index (χ0v) is 11.5. The third-order valence-corrected chi connectivity index (χ3v) is 2.57. The van der Waals surface area contributed by atoms with Gasteiger partial charge >= 0.3 is 17.9 Å². The number of ether oxygens (including phenoxy) is 4. The molecule has 0 amide bonds. The van der Waals surface area contributed by atoms with E-state index in [0.717, 1.165) is 0 Å². The number of carbonyl (C=O) groups is 3. The molecule has 20 heavy (non-hydrogen) atoms. The van der Waals surface area contributed by atoms with E-state index in [1.54, 1.807) is 0 Å². The minimum atomic E-state index is -1.14. The van der Waals surface area contributed by atoms with Crippen molar-refractivity contribution in [2.75, 3.05) is 6.61 Å². The Morgan fingerprint density at radius 2 is 1.85 bits per heavy atom. The van der Waals surface area contributed by atoms with Crippen LogP contribution in [0.3, 0.4) is 0 Å². The highest BCUT2D eigenvalue weighted by atomic mass is 16.7. The molecule has 0 unspecified atom stereocenters. The first-order valence-electron chi connectivity index (χ1n) is 6.11. The summed E-state index contributed by atoms with van der Waals surface area (Å²) in [6, 6.07) is 0. The van der Waals surface area contributed by atoms with Crippen molar-refractivity contribution in [1.29, 1.82) is 0 Å². The quantitative estimate of drug-likeness (QED) is 0.534. The number of aliphatic hydroxyl groups is 1. The van der Waals surface area contributed by atoms with Gasteiger partial charge < -0.3 is 24.1 Å². The van der Waals surface area contributed by atoms with Crippen molar-refractivity contribution in [2.24, 2.45) is 0 Å². The van der Waals surface area contributed by atoms with Gasteiger partial charge in [-0.3, -0.25) is 14.4 Å². The van der Waals surface area contributed by atoms with E-state index in [0.29, 0.717) is 0 Å². The lowest BCUT2D eigenvalue weighted by atomic mass is 10.1. The van der Waals surface area contributed by atoms with Crippen LogP contribution >= 0.6 is 0 Å². The van der Waals surface area contributed by atoms with E-state index in [1.165, 1.54) is 20.8 Å². The van der Waals surface area contributed by atoms with Gasteiger partial charge in [-0.1, -0.05) is 0 Å². The molecule has 0 bridgehead atoms. The molecule has 8 heteroatoms. The van der Waals surface area contributed by atoms with Gasteiger partial charge in [0.15, 0.2) is 12.4 Å². The Kier molecular flexibility index (Phi) is 5.90. The average molecular weight is 290 g/mol. The number of rotatable bonds is 5. The molecule has 1 aliphatic rings. The summed E-state index contributed by atoms with van der Waals surface area (Å²) in [4.78, 5) is 32.9. The first-order valence-corrected chi connectivity index (χ1v) is 6.11. The summed E-state index contributed by atoms with van der Waals surface area (Å²) in [5, 5.41) is 9.48. The topological polar surface area (TPSA) is 108 Å². The maximum absolute atomic E-state index is 11.1. The predicted molar refractivity (Wildman–Crippen MR) is 63.2 cm³/mol. The third kappa shape index (κ3) is 5.14. The number of hydrogen-bond acceptors (Lipinski definition) is 8. The molecule has 0 aromatic rings. The molecule has 8 nitrogen and oxygen atoms in total. The van der Waals surface area contributed by atoms with Gasteiger partial charge in [-0.2, -0.15) is 0 Å². The van der Waals surface area contributed by atoms with Crippen molar-refractivity contribution in [1.82, 2.24) is 0 Å². The van der Waals surface area contributed by atoms with Crippen LogP contribution in [-0.4, -0.2) is 54.2 Å². The van der Waals surface area contributed by atoms with E-state index >= 15 is 0 Å². The Hall–Kier alpha value is -1.67. The van der Waals surface area contributed by atoms with Crippen molar-refractivity contribution in [3.05, 3.63) is 0 Å². The second kappa shape index (κ2) is 7.20. The van der Waals surface area contributed by atoms with Crippen LogP contribution in [-0.2, 0) is 33.3 Å². The molecule has 4 atom stereocenters. The van der Waals surface area contributed by atoms with Crippen molar-refractivity contribution < 1.29 is 38.4 Å². The average Bonchev–Trinajstić information content (AvgIpc) is 2.63. The SMILES string of the molecule is CC(=O)OC[C@H](OC(C)=O)[C@H]1O[C@@H](O)C[C@H]1OC(C)=O. The Labute approximate surface area is 115 Å². The van der Waals surface area contributed by atoms with Gasteiger partial charge in [-0.15, -0.1) is 0 Å². The third-order valence-electron chi connectivity index (χ3n) is 2.57. The highest BCUT2D eigenvalue weighted by Gasteiger charge is 2.43. The highest BCUT2D eigenvalue weighted by molar-refractivity contribution is 5.67. The first-order chi connectivity index (χ1) is 9.29. The molecule has 0 aromatic heterocycles. The van der Waals surface area contributed by atoms with Crippen LogP contribution in [0.5, 0.6) is 0 Å². The zero-order valence-electron chi connectivity index (χ0n) is 11.5. The van der Waals surface area contributed by atoms with E-state index in [-0.39, 0.29) is 13.0 Å². The van der Waals surface area contributed by atoms with Crippen molar-refractivity contribution in [3.63, 3.8) is 0 Å². The first kappa shape index (κ1) is 16.4. The Balaban J connectivity index is 2.76. The molecule has 1 heterocycles. The standard InChI is InChI=1S/C12H18O8/c1-6(13)17-5-10(19-8(3)15)12-9(18-7(2)14)4-11(16)20-12/h9-12,16H,4-5H2,1-3H3/t9-,10+,11-,12+/m1/s1. The van der Waals surface area contributed by atoms with Crippen LogP contribution in [0.15, 0.2) is 0 Å². The fourth-order valence-corrected chi connectivity index (χ4v) is 1.92. The molecule has 114 valence electrons. The van der Waals surface area contributed by atoms with Gasteiger partial charge in [0.1, 0.15) is 18.8 Å². The predicted octanol–water partition coefficient (Wildman–Crippen LogP) is -0.480. The van der Waals surface area contributed by atoms with Crippen molar-refractivity contribution in [3.8, 4) is 0 Å². The second-order valence-corrected chi connectivity index (χ2v) is 4.39. The van der Waals surface area contributed by atoms with Gasteiger partial charge in [0.05, 0.1) is 0 Å². The van der Waals surface area contributed by atoms with Gasteiger partial charge in [0.25, 0.3) is 0 Å². The molecule has 0 aromatic carbocycles. The summed E-state index contributed by atoms with van der Waals surface area (Å²) in [6.45, 7) is 3.37.